The van der Waals surface area contributed by atoms with E-state index in [0.29, 0.717) is 31.3 Å². The third-order valence-corrected chi connectivity index (χ3v) is 3.39. The van der Waals surface area contributed by atoms with Crippen molar-refractivity contribution in [3.63, 3.8) is 0 Å². The lowest BCUT2D eigenvalue weighted by atomic mass is 10.1. The van der Waals surface area contributed by atoms with Crippen molar-refractivity contribution in [2.24, 2.45) is 0 Å². The molecule has 0 bridgehead atoms. The molecule has 1 unspecified atom stereocenters. The monoisotopic (exact) mass is 279 g/mol. The second-order valence-corrected chi connectivity index (χ2v) is 4.96. The summed E-state index contributed by atoms with van der Waals surface area (Å²) in [5.74, 6) is 0.249. The van der Waals surface area contributed by atoms with Gasteiger partial charge in [-0.3, -0.25) is 4.98 Å². The van der Waals surface area contributed by atoms with Crippen LogP contribution in [0.3, 0.4) is 0 Å². The summed E-state index contributed by atoms with van der Waals surface area (Å²) in [5, 5.41) is 9.38. The number of ether oxygens (including phenoxy) is 1. The first-order valence-electron chi connectivity index (χ1n) is 7.16. The molecule has 110 valence electrons. The van der Waals surface area contributed by atoms with Crippen molar-refractivity contribution >= 4 is 11.8 Å². The van der Waals surface area contributed by atoms with Crippen LogP contribution >= 0.6 is 0 Å². The first-order valence-corrected chi connectivity index (χ1v) is 7.16. The van der Waals surface area contributed by atoms with Crippen LogP contribution in [-0.2, 0) is 4.79 Å². The summed E-state index contributed by atoms with van der Waals surface area (Å²) in [6.45, 7) is 3.30. The summed E-state index contributed by atoms with van der Waals surface area (Å²) in [6.07, 6.45) is 7.69. The molecule has 0 spiro atoms. The van der Waals surface area contributed by atoms with Crippen molar-refractivity contribution in [2.45, 2.75) is 45.1 Å². The van der Waals surface area contributed by atoms with Crippen LogP contribution in [-0.4, -0.2) is 40.2 Å². The Morgan fingerprint density at radius 3 is 3.05 bits per heavy atom. The summed E-state index contributed by atoms with van der Waals surface area (Å²) < 4.78 is 5.47. The van der Waals surface area contributed by atoms with Crippen molar-refractivity contribution in [1.29, 1.82) is 0 Å². The van der Waals surface area contributed by atoms with Gasteiger partial charge >= 0.3 is 5.97 Å². The van der Waals surface area contributed by atoms with E-state index in [4.69, 9.17) is 4.74 Å². The van der Waals surface area contributed by atoms with E-state index in [0.717, 1.165) is 25.7 Å². The highest BCUT2D eigenvalue weighted by atomic mass is 16.5. The zero-order valence-electron chi connectivity index (χ0n) is 11.8. The van der Waals surface area contributed by atoms with Gasteiger partial charge in [0.1, 0.15) is 6.04 Å². The highest BCUT2D eigenvalue weighted by Crippen LogP contribution is 2.23. The first-order chi connectivity index (χ1) is 9.72. The molecule has 1 aliphatic heterocycles. The Kier molecular flexibility index (Phi) is 5.15. The van der Waals surface area contributed by atoms with Gasteiger partial charge in [0.05, 0.1) is 19.0 Å². The smallest absolute Gasteiger partial charge is 0.326 e. The highest BCUT2D eigenvalue weighted by Gasteiger charge is 2.28. The van der Waals surface area contributed by atoms with Crippen molar-refractivity contribution in [3.05, 3.63) is 12.4 Å². The van der Waals surface area contributed by atoms with Gasteiger partial charge in [0.15, 0.2) is 5.82 Å². The molecule has 2 rings (SSSR count). The Morgan fingerprint density at radius 2 is 2.30 bits per heavy atom. The Balaban J connectivity index is 2.20. The Labute approximate surface area is 118 Å². The number of carbonyl (C=O) groups is 1. The van der Waals surface area contributed by atoms with Crippen LogP contribution in [0.5, 0.6) is 5.88 Å². The lowest BCUT2D eigenvalue weighted by Crippen LogP contribution is -2.41. The average Bonchev–Trinajstić information content (AvgIpc) is 2.71. The molecule has 2 heterocycles. The second kappa shape index (κ2) is 7.07. The maximum Gasteiger partial charge on any atom is 0.326 e. The van der Waals surface area contributed by atoms with Gasteiger partial charge in [-0.1, -0.05) is 19.8 Å². The maximum atomic E-state index is 11.4. The fourth-order valence-corrected chi connectivity index (χ4v) is 2.39. The normalized spacial score (nSPS) is 19.4. The van der Waals surface area contributed by atoms with Gasteiger partial charge in [0.25, 0.3) is 0 Å². The van der Waals surface area contributed by atoms with Crippen LogP contribution < -0.4 is 9.64 Å². The van der Waals surface area contributed by atoms with E-state index in [1.807, 2.05) is 11.8 Å². The zero-order chi connectivity index (χ0) is 14.4. The predicted molar refractivity (Wildman–Crippen MR) is 75.1 cm³/mol. The molecular formula is C14H21N3O3. The van der Waals surface area contributed by atoms with E-state index < -0.39 is 12.0 Å². The summed E-state index contributed by atoms with van der Waals surface area (Å²) in [7, 11) is 0. The van der Waals surface area contributed by atoms with Gasteiger partial charge in [-0.05, 0) is 19.3 Å². The summed E-state index contributed by atoms with van der Waals surface area (Å²) in [6, 6.07) is -0.520. The zero-order valence-corrected chi connectivity index (χ0v) is 11.8. The van der Waals surface area contributed by atoms with E-state index in [9.17, 15) is 9.90 Å². The SMILES string of the molecule is CCCOc1cncc(N2CCCCCC2C(=O)O)n1. The molecule has 0 radical (unpaired) electrons. The molecule has 1 fully saturated rings. The van der Waals surface area contributed by atoms with E-state index in [1.54, 1.807) is 12.4 Å². The van der Waals surface area contributed by atoms with Crippen molar-refractivity contribution in [2.75, 3.05) is 18.1 Å². The summed E-state index contributed by atoms with van der Waals surface area (Å²) >= 11 is 0. The third-order valence-electron chi connectivity index (χ3n) is 3.39. The molecule has 1 saturated heterocycles. The summed E-state index contributed by atoms with van der Waals surface area (Å²) in [5.41, 5.74) is 0. The predicted octanol–water partition coefficient (Wildman–Crippen LogP) is 2.10. The topological polar surface area (TPSA) is 75.5 Å². The van der Waals surface area contributed by atoms with Gasteiger partial charge in [-0.15, -0.1) is 0 Å². The number of carboxylic acid groups (broad SMARTS) is 1. The molecular weight excluding hydrogens is 258 g/mol. The molecule has 1 N–H and O–H groups in total. The number of nitrogens with zero attached hydrogens (tertiary/aromatic N) is 3. The Morgan fingerprint density at radius 1 is 1.45 bits per heavy atom. The van der Waals surface area contributed by atoms with Gasteiger partial charge in [-0.2, -0.15) is 4.98 Å². The van der Waals surface area contributed by atoms with E-state index in [2.05, 4.69) is 9.97 Å². The number of aliphatic carboxylic acids is 1. The number of anilines is 1. The molecule has 6 heteroatoms. The molecule has 0 aliphatic carbocycles. The molecule has 20 heavy (non-hydrogen) atoms. The summed E-state index contributed by atoms with van der Waals surface area (Å²) in [4.78, 5) is 21.8. The van der Waals surface area contributed by atoms with Gasteiger partial charge < -0.3 is 14.7 Å². The minimum Gasteiger partial charge on any atom is -0.480 e. The number of hydrogen-bond donors (Lipinski definition) is 1. The number of hydrogen-bond acceptors (Lipinski definition) is 5. The van der Waals surface area contributed by atoms with E-state index >= 15 is 0 Å². The standard InChI is InChI=1S/C14H21N3O3/c1-2-8-20-13-10-15-9-12(16-13)17-7-5-3-4-6-11(17)14(18)19/h9-11H,2-8H2,1H3,(H,18,19). The number of rotatable bonds is 5. The molecule has 1 aliphatic rings. The Hall–Kier alpha value is -1.85. The molecule has 0 aromatic carbocycles. The quantitative estimate of drug-likeness (QED) is 0.889. The number of carboxylic acids is 1. The van der Waals surface area contributed by atoms with Crippen molar-refractivity contribution < 1.29 is 14.6 Å². The molecule has 0 saturated carbocycles. The highest BCUT2D eigenvalue weighted by molar-refractivity contribution is 5.77. The van der Waals surface area contributed by atoms with E-state index in [1.165, 1.54) is 0 Å². The number of aromatic nitrogens is 2. The van der Waals surface area contributed by atoms with Gasteiger partial charge in [0.2, 0.25) is 5.88 Å². The minimum absolute atomic E-state index is 0.456. The van der Waals surface area contributed by atoms with Gasteiger partial charge in [0, 0.05) is 6.54 Å². The van der Waals surface area contributed by atoms with Crippen LogP contribution in [0.2, 0.25) is 0 Å². The molecule has 1 atom stereocenters. The molecule has 1 aromatic rings. The van der Waals surface area contributed by atoms with Crippen molar-refractivity contribution in [3.8, 4) is 5.88 Å². The third kappa shape index (κ3) is 3.59. The average molecular weight is 279 g/mol. The minimum atomic E-state index is -0.798. The van der Waals surface area contributed by atoms with Gasteiger partial charge in [-0.25, -0.2) is 4.79 Å². The van der Waals surface area contributed by atoms with Crippen LogP contribution in [0, 0.1) is 0 Å². The maximum absolute atomic E-state index is 11.4. The van der Waals surface area contributed by atoms with Crippen LogP contribution in [0.15, 0.2) is 12.4 Å². The molecule has 0 amide bonds. The largest absolute Gasteiger partial charge is 0.480 e. The van der Waals surface area contributed by atoms with Crippen LogP contribution in [0.4, 0.5) is 5.82 Å². The van der Waals surface area contributed by atoms with Crippen LogP contribution in [0.25, 0.3) is 0 Å². The first kappa shape index (κ1) is 14.6. The molecule has 6 nitrogen and oxygen atoms in total. The van der Waals surface area contributed by atoms with Crippen molar-refractivity contribution in [1.82, 2.24) is 9.97 Å². The fraction of sp³-hybridized carbons (Fsp3) is 0.643. The molecule has 1 aromatic heterocycles. The lowest BCUT2D eigenvalue weighted by Gasteiger charge is -2.27. The van der Waals surface area contributed by atoms with E-state index in [-0.39, 0.29) is 0 Å². The fourth-order valence-electron chi connectivity index (χ4n) is 2.39. The second-order valence-electron chi connectivity index (χ2n) is 4.96. The Bertz CT molecular complexity index is 453. The van der Waals surface area contributed by atoms with Crippen LogP contribution in [0.1, 0.15) is 39.0 Å². The lowest BCUT2D eigenvalue weighted by molar-refractivity contribution is -0.138.